The van der Waals surface area contributed by atoms with Crippen molar-refractivity contribution < 1.29 is 19.4 Å². The lowest BCUT2D eigenvalue weighted by molar-refractivity contribution is -0.132. The minimum atomic E-state index is -0.819. The van der Waals surface area contributed by atoms with Gasteiger partial charge in [0.25, 0.3) is 11.7 Å². The predicted molar refractivity (Wildman–Crippen MR) is 130 cm³/mol. The van der Waals surface area contributed by atoms with Crippen LogP contribution in [0.4, 0.5) is 5.69 Å². The number of nitrogens with zero attached hydrogens (tertiary/aromatic N) is 1. The number of Topliss-reactive ketones (excluding diaryl/α,β-unsaturated/α-hetero) is 1. The number of aliphatic hydroxyl groups excluding tert-OH is 1. The first-order chi connectivity index (χ1) is 15.8. The second kappa shape index (κ2) is 9.12. The Kier molecular flexibility index (Phi) is 6.25. The summed E-state index contributed by atoms with van der Waals surface area (Å²) in [6.07, 6.45) is 0.853. The van der Waals surface area contributed by atoms with E-state index in [1.165, 1.54) is 4.90 Å². The Balaban J connectivity index is 1.92. The van der Waals surface area contributed by atoms with Gasteiger partial charge in [-0.1, -0.05) is 61.0 Å². The number of amides is 1. The molecular weight excluding hydrogens is 438 g/mol. The maximum absolute atomic E-state index is 13.2. The Morgan fingerprint density at radius 1 is 1.03 bits per heavy atom. The average molecular weight is 462 g/mol. The van der Waals surface area contributed by atoms with E-state index in [9.17, 15) is 14.7 Å². The molecule has 1 saturated heterocycles. The van der Waals surface area contributed by atoms with Gasteiger partial charge in [0.05, 0.1) is 18.7 Å². The summed E-state index contributed by atoms with van der Waals surface area (Å²) in [5, 5.41) is 11.7. The number of carbonyl (C=O) groups is 2. The van der Waals surface area contributed by atoms with Crippen LogP contribution in [-0.2, 0) is 16.0 Å². The molecule has 0 aliphatic carbocycles. The molecule has 0 saturated carbocycles. The summed E-state index contributed by atoms with van der Waals surface area (Å²) in [6.45, 7) is 3.90. The van der Waals surface area contributed by atoms with Crippen molar-refractivity contribution in [3.05, 3.63) is 99.6 Å². The molecule has 3 aromatic carbocycles. The lowest BCUT2D eigenvalue weighted by Gasteiger charge is -2.26. The topological polar surface area (TPSA) is 66.8 Å². The molecular formula is C27H24ClNO4. The summed E-state index contributed by atoms with van der Waals surface area (Å²) in [5.74, 6) is -1.03. The van der Waals surface area contributed by atoms with Crippen LogP contribution in [0.1, 0.15) is 35.2 Å². The smallest absolute Gasteiger partial charge is 0.300 e. The van der Waals surface area contributed by atoms with Gasteiger partial charge in [-0.2, -0.15) is 0 Å². The van der Waals surface area contributed by atoms with Gasteiger partial charge in [0, 0.05) is 16.3 Å². The number of aliphatic hydroxyl groups is 1. The van der Waals surface area contributed by atoms with Crippen LogP contribution in [0.25, 0.3) is 5.76 Å². The summed E-state index contributed by atoms with van der Waals surface area (Å²) >= 11 is 6.33. The fourth-order valence-corrected chi connectivity index (χ4v) is 4.16. The molecule has 4 rings (SSSR count). The highest BCUT2D eigenvalue weighted by molar-refractivity contribution is 6.51. The molecule has 1 unspecified atom stereocenters. The van der Waals surface area contributed by atoms with Crippen LogP contribution in [0.3, 0.4) is 0 Å². The van der Waals surface area contributed by atoms with E-state index in [1.807, 2.05) is 26.0 Å². The molecule has 1 atom stereocenters. The number of hydrogen-bond acceptors (Lipinski definition) is 4. The molecule has 6 heteroatoms. The zero-order valence-electron chi connectivity index (χ0n) is 18.6. The Bertz CT molecular complexity index is 1250. The van der Waals surface area contributed by atoms with Gasteiger partial charge in [0.2, 0.25) is 0 Å². The minimum absolute atomic E-state index is 0.0334. The molecule has 0 spiro atoms. The van der Waals surface area contributed by atoms with Crippen molar-refractivity contribution in [2.24, 2.45) is 0 Å². The van der Waals surface area contributed by atoms with Gasteiger partial charge in [-0.3, -0.25) is 14.5 Å². The van der Waals surface area contributed by atoms with E-state index in [0.717, 1.165) is 17.5 Å². The molecule has 168 valence electrons. The number of hydrogen-bond donors (Lipinski definition) is 1. The summed E-state index contributed by atoms with van der Waals surface area (Å²) < 4.78 is 5.25. The quantitative estimate of drug-likeness (QED) is 0.294. The normalized spacial score (nSPS) is 17.5. The molecule has 1 aliphatic rings. The van der Waals surface area contributed by atoms with Gasteiger partial charge in [-0.05, 0) is 54.3 Å². The van der Waals surface area contributed by atoms with Crippen LogP contribution in [0.5, 0.6) is 5.75 Å². The first-order valence-electron chi connectivity index (χ1n) is 10.7. The molecule has 33 heavy (non-hydrogen) atoms. The van der Waals surface area contributed by atoms with Crippen molar-refractivity contribution in [1.82, 2.24) is 0 Å². The van der Waals surface area contributed by atoms with E-state index in [-0.39, 0.29) is 11.3 Å². The third kappa shape index (κ3) is 4.12. The first kappa shape index (κ1) is 22.6. The second-order valence-corrected chi connectivity index (χ2v) is 8.33. The lowest BCUT2D eigenvalue weighted by Crippen LogP contribution is -2.29. The van der Waals surface area contributed by atoms with Crippen molar-refractivity contribution in [3.8, 4) is 5.75 Å². The number of ether oxygens (including phenoxy) is 1. The number of benzene rings is 3. The Morgan fingerprint density at radius 2 is 1.70 bits per heavy atom. The highest BCUT2D eigenvalue weighted by Crippen LogP contribution is 2.43. The Hall–Kier alpha value is -3.57. The fourth-order valence-electron chi connectivity index (χ4n) is 3.99. The maximum Gasteiger partial charge on any atom is 0.300 e. The zero-order chi connectivity index (χ0) is 23.7. The largest absolute Gasteiger partial charge is 0.507 e. The van der Waals surface area contributed by atoms with Crippen molar-refractivity contribution >= 4 is 34.7 Å². The van der Waals surface area contributed by atoms with E-state index < -0.39 is 17.7 Å². The summed E-state index contributed by atoms with van der Waals surface area (Å²) in [7, 11) is 1.56. The van der Waals surface area contributed by atoms with Gasteiger partial charge < -0.3 is 9.84 Å². The molecule has 0 bridgehead atoms. The number of carbonyl (C=O) groups excluding carboxylic acids is 2. The second-order valence-electron chi connectivity index (χ2n) is 7.93. The molecule has 1 fully saturated rings. The number of anilines is 1. The summed E-state index contributed by atoms with van der Waals surface area (Å²) in [4.78, 5) is 27.8. The summed E-state index contributed by atoms with van der Waals surface area (Å²) in [5.41, 5.74) is 3.62. The molecule has 5 nitrogen and oxygen atoms in total. The number of ketones is 1. The van der Waals surface area contributed by atoms with E-state index in [1.54, 1.807) is 61.7 Å². The molecule has 1 N–H and O–H groups in total. The molecule has 1 heterocycles. The molecule has 3 aromatic rings. The van der Waals surface area contributed by atoms with E-state index >= 15 is 0 Å². The van der Waals surface area contributed by atoms with E-state index in [2.05, 4.69) is 0 Å². The van der Waals surface area contributed by atoms with E-state index in [0.29, 0.717) is 27.6 Å². The highest BCUT2D eigenvalue weighted by Gasteiger charge is 2.47. The van der Waals surface area contributed by atoms with Crippen LogP contribution < -0.4 is 9.64 Å². The SMILES string of the molecule is CCc1ccc(/C(O)=C2\C(=O)C(=O)N(c3ccc(C)c(Cl)c3)C2c2ccc(OC)cc2)cc1. The standard InChI is InChI=1S/C27H24ClNO4/c1-4-17-6-8-19(9-7-17)25(30)23-24(18-10-13-21(33-3)14-11-18)29(27(32)26(23)31)20-12-5-16(2)22(28)15-20/h5-15,24,30H,4H2,1-3H3/b25-23+. The average Bonchev–Trinajstić information content (AvgIpc) is 3.11. The predicted octanol–water partition coefficient (Wildman–Crippen LogP) is 5.85. The molecule has 1 aliphatic heterocycles. The fraction of sp³-hybridized carbons (Fsp3) is 0.185. The third-order valence-electron chi connectivity index (χ3n) is 5.95. The van der Waals surface area contributed by atoms with Gasteiger partial charge >= 0.3 is 0 Å². The van der Waals surface area contributed by atoms with E-state index in [4.69, 9.17) is 16.3 Å². The monoisotopic (exact) mass is 461 g/mol. The van der Waals surface area contributed by atoms with Gasteiger partial charge in [-0.15, -0.1) is 0 Å². The van der Waals surface area contributed by atoms with Crippen molar-refractivity contribution in [2.75, 3.05) is 12.0 Å². The number of methoxy groups -OCH3 is 1. The van der Waals surface area contributed by atoms with Crippen molar-refractivity contribution in [2.45, 2.75) is 26.3 Å². The van der Waals surface area contributed by atoms with Crippen molar-refractivity contribution in [3.63, 3.8) is 0 Å². The molecule has 1 amide bonds. The van der Waals surface area contributed by atoms with Crippen LogP contribution in [-0.4, -0.2) is 23.9 Å². The Morgan fingerprint density at radius 3 is 2.27 bits per heavy atom. The van der Waals surface area contributed by atoms with Crippen molar-refractivity contribution in [1.29, 1.82) is 0 Å². The maximum atomic E-state index is 13.2. The van der Waals surface area contributed by atoms with Gasteiger partial charge in [0.1, 0.15) is 11.5 Å². The lowest BCUT2D eigenvalue weighted by atomic mass is 9.94. The first-order valence-corrected chi connectivity index (χ1v) is 11.0. The molecule has 0 radical (unpaired) electrons. The number of halogens is 1. The Labute approximate surface area is 197 Å². The zero-order valence-corrected chi connectivity index (χ0v) is 19.4. The van der Waals surface area contributed by atoms with Crippen LogP contribution >= 0.6 is 11.6 Å². The third-order valence-corrected chi connectivity index (χ3v) is 6.35. The highest BCUT2D eigenvalue weighted by atomic mass is 35.5. The number of aryl methyl sites for hydroxylation is 2. The van der Waals surface area contributed by atoms with Gasteiger partial charge in [-0.25, -0.2) is 0 Å². The van der Waals surface area contributed by atoms with Crippen LogP contribution in [0, 0.1) is 6.92 Å². The van der Waals surface area contributed by atoms with Crippen LogP contribution in [0.15, 0.2) is 72.3 Å². The number of rotatable bonds is 5. The minimum Gasteiger partial charge on any atom is -0.507 e. The summed E-state index contributed by atoms with van der Waals surface area (Å²) in [6, 6.07) is 18.8. The van der Waals surface area contributed by atoms with Crippen LogP contribution in [0.2, 0.25) is 5.02 Å². The molecule has 0 aromatic heterocycles. The van der Waals surface area contributed by atoms with Gasteiger partial charge in [0.15, 0.2) is 0 Å².